The predicted octanol–water partition coefficient (Wildman–Crippen LogP) is 1.72. The second-order valence-electron chi connectivity index (χ2n) is 5.84. The first-order valence-electron chi connectivity index (χ1n) is 7.43. The van der Waals surface area contributed by atoms with E-state index in [0.717, 1.165) is 10.6 Å². The van der Waals surface area contributed by atoms with Crippen molar-refractivity contribution >= 4 is 27.4 Å². The number of carbonyl (C=O) groups excluding carboxylic acids is 1. The molecule has 0 unspecified atom stereocenters. The van der Waals surface area contributed by atoms with Gasteiger partial charge in [-0.05, 0) is 26.0 Å². The lowest BCUT2D eigenvalue weighted by molar-refractivity contribution is -0.0530. The van der Waals surface area contributed by atoms with Crippen LogP contribution in [-0.2, 0) is 14.8 Å². The molecule has 1 aliphatic rings. The molecule has 0 radical (unpaired) electrons. The number of hydrogen-bond donors (Lipinski definition) is 1. The molecule has 2 rings (SSSR count). The Morgan fingerprint density at radius 2 is 1.83 bits per heavy atom. The summed E-state index contributed by atoms with van der Waals surface area (Å²) in [6.45, 7) is 4.84. The summed E-state index contributed by atoms with van der Waals surface area (Å²) in [5.74, 6) is 0. The molecule has 1 heterocycles. The van der Waals surface area contributed by atoms with Crippen LogP contribution in [0.5, 0.6) is 0 Å². The van der Waals surface area contributed by atoms with Crippen LogP contribution in [-0.4, -0.2) is 57.9 Å². The smallest absolute Gasteiger partial charge is 0.322 e. The summed E-state index contributed by atoms with van der Waals surface area (Å²) < 4.78 is 30.2. The Bertz CT molecular complexity index is 667. The van der Waals surface area contributed by atoms with Gasteiger partial charge in [0.1, 0.15) is 0 Å². The average Bonchev–Trinajstić information content (AvgIpc) is 2.45. The number of sulfonamides is 1. The summed E-state index contributed by atoms with van der Waals surface area (Å²) in [5.41, 5.74) is 0.884. The Morgan fingerprint density at radius 1 is 1.26 bits per heavy atom. The maximum absolute atomic E-state index is 12.5. The van der Waals surface area contributed by atoms with Gasteiger partial charge in [-0.2, -0.15) is 0 Å². The summed E-state index contributed by atoms with van der Waals surface area (Å²) in [6, 6.07) is 6.55. The SMILES string of the molecule is C[C@@H]1CN(C(=O)Nc2ccccc2N(C)S(C)(=O)=O)C[C@H](C)O1. The van der Waals surface area contributed by atoms with Crippen molar-refractivity contribution in [2.75, 3.05) is 36.0 Å². The highest BCUT2D eigenvalue weighted by Gasteiger charge is 2.26. The van der Waals surface area contributed by atoms with E-state index < -0.39 is 10.0 Å². The number of nitrogens with one attached hydrogen (secondary N) is 1. The predicted molar refractivity (Wildman–Crippen MR) is 90.3 cm³/mol. The molecule has 1 N–H and O–H groups in total. The van der Waals surface area contributed by atoms with Gasteiger partial charge in [-0.1, -0.05) is 12.1 Å². The van der Waals surface area contributed by atoms with E-state index in [1.165, 1.54) is 7.05 Å². The van der Waals surface area contributed by atoms with Gasteiger partial charge in [0.2, 0.25) is 10.0 Å². The minimum atomic E-state index is -3.41. The van der Waals surface area contributed by atoms with Gasteiger partial charge >= 0.3 is 6.03 Å². The van der Waals surface area contributed by atoms with E-state index >= 15 is 0 Å². The number of carbonyl (C=O) groups is 1. The van der Waals surface area contributed by atoms with Crippen molar-refractivity contribution in [3.8, 4) is 0 Å². The molecular weight excluding hydrogens is 318 g/mol. The molecule has 0 saturated carbocycles. The largest absolute Gasteiger partial charge is 0.372 e. The quantitative estimate of drug-likeness (QED) is 0.908. The lowest BCUT2D eigenvalue weighted by Crippen LogP contribution is -2.49. The van der Waals surface area contributed by atoms with Crippen LogP contribution in [0, 0.1) is 0 Å². The van der Waals surface area contributed by atoms with Crippen LogP contribution < -0.4 is 9.62 Å². The number of morpholine rings is 1. The number of amides is 2. The van der Waals surface area contributed by atoms with Gasteiger partial charge < -0.3 is 15.0 Å². The first kappa shape index (κ1) is 17.6. The van der Waals surface area contributed by atoms with Gasteiger partial charge in [0.25, 0.3) is 0 Å². The highest BCUT2D eigenvalue weighted by atomic mass is 32.2. The van der Waals surface area contributed by atoms with E-state index in [-0.39, 0.29) is 18.2 Å². The fourth-order valence-electron chi connectivity index (χ4n) is 2.57. The summed E-state index contributed by atoms with van der Waals surface area (Å²) in [7, 11) is -1.95. The normalized spacial score (nSPS) is 21.8. The maximum atomic E-state index is 12.5. The number of ether oxygens (including phenoxy) is 1. The standard InChI is InChI=1S/C15H23N3O4S/c1-11-9-18(10-12(2)22-11)15(19)16-13-7-5-6-8-14(13)17(3)23(4,20)21/h5-8,11-12H,9-10H2,1-4H3,(H,16,19)/t11-,12+. The van der Waals surface area contributed by atoms with Crippen LogP contribution in [0.3, 0.4) is 0 Å². The van der Waals surface area contributed by atoms with Crippen LogP contribution in [0.4, 0.5) is 16.2 Å². The minimum absolute atomic E-state index is 0.0292. The van der Waals surface area contributed by atoms with Crippen LogP contribution in [0.15, 0.2) is 24.3 Å². The molecule has 1 fully saturated rings. The second-order valence-corrected chi connectivity index (χ2v) is 7.85. The number of benzene rings is 1. The van der Waals surface area contributed by atoms with E-state index in [1.807, 2.05) is 13.8 Å². The monoisotopic (exact) mass is 341 g/mol. The first-order chi connectivity index (χ1) is 10.7. The Hall–Kier alpha value is -1.80. The van der Waals surface area contributed by atoms with E-state index in [9.17, 15) is 13.2 Å². The summed E-state index contributed by atoms with van der Waals surface area (Å²) in [6.07, 6.45) is 1.06. The Labute approximate surface area is 137 Å². The van der Waals surface area contributed by atoms with Crippen molar-refractivity contribution in [2.24, 2.45) is 0 Å². The van der Waals surface area contributed by atoms with E-state index in [2.05, 4.69) is 5.32 Å². The Kier molecular flexibility index (Phi) is 5.16. The van der Waals surface area contributed by atoms with Crippen molar-refractivity contribution in [1.29, 1.82) is 0 Å². The third-order valence-corrected chi connectivity index (χ3v) is 4.88. The van der Waals surface area contributed by atoms with Gasteiger partial charge in [0, 0.05) is 20.1 Å². The van der Waals surface area contributed by atoms with E-state index in [0.29, 0.717) is 24.5 Å². The highest BCUT2D eigenvalue weighted by Crippen LogP contribution is 2.26. The number of anilines is 2. The van der Waals surface area contributed by atoms with E-state index in [4.69, 9.17) is 4.74 Å². The lowest BCUT2D eigenvalue weighted by Gasteiger charge is -2.35. The van der Waals surface area contributed by atoms with Crippen LogP contribution in [0.25, 0.3) is 0 Å². The summed E-state index contributed by atoms with van der Waals surface area (Å²) >= 11 is 0. The lowest BCUT2D eigenvalue weighted by atomic mass is 10.2. The molecule has 0 aliphatic carbocycles. The molecular formula is C15H23N3O4S. The number of rotatable bonds is 3. The third kappa shape index (κ3) is 4.35. The fourth-order valence-corrected chi connectivity index (χ4v) is 3.09. The molecule has 1 saturated heterocycles. The topological polar surface area (TPSA) is 79.0 Å². The molecule has 0 spiro atoms. The van der Waals surface area contributed by atoms with Crippen LogP contribution in [0.2, 0.25) is 0 Å². The molecule has 0 bridgehead atoms. The molecule has 1 aromatic rings. The van der Waals surface area contributed by atoms with E-state index in [1.54, 1.807) is 29.2 Å². The van der Waals surface area contributed by atoms with Gasteiger partial charge in [0.05, 0.1) is 29.8 Å². The van der Waals surface area contributed by atoms with Gasteiger partial charge in [-0.3, -0.25) is 4.31 Å². The average molecular weight is 341 g/mol. The second kappa shape index (κ2) is 6.76. The zero-order chi connectivity index (χ0) is 17.2. The highest BCUT2D eigenvalue weighted by molar-refractivity contribution is 7.92. The van der Waals surface area contributed by atoms with Gasteiger partial charge in [0.15, 0.2) is 0 Å². The number of para-hydroxylation sites is 2. The van der Waals surface area contributed by atoms with Crippen molar-refractivity contribution in [3.05, 3.63) is 24.3 Å². The molecule has 128 valence electrons. The number of nitrogens with zero attached hydrogens (tertiary/aromatic N) is 2. The summed E-state index contributed by atoms with van der Waals surface area (Å²) in [4.78, 5) is 14.2. The maximum Gasteiger partial charge on any atom is 0.322 e. The molecule has 23 heavy (non-hydrogen) atoms. The summed E-state index contributed by atoms with van der Waals surface area (Å²) in [5, 5.41) is 2.80. The molecule has 1 aliphatic heterocycles. The molecule has 0 aromatic heterocycles. The van der Waals surface area contributed by atoms with Crippen molar-refractivity contribution in [1.82, 2.24) is 4.90 Å². The third-order valence-electron chi connectivity index (χ3n) is 3.69. The fraction of sp³-hybridized carbons (Fsp3) is 0.533. The van der Waals surface area contributed by atoms with Crippen molar-refractivity contribution < 1.29 is 17.9 Å². The zero-order valence-corrected chi connectivity index (χ0v) is 14.6. The molecule has 2 atom stereocenters. The Morgan fingerprint density at radius 3 is 2.39 bits per heavy atom. The number of urea groups is 1. The molecule has 1 aromatic carbocycles. The van der Waals surface area contributed by atoms with Crippen molar-refractivity contribution in [3.63, 3.8) is 0 Å². The molecule has 7 nitrogen and oxygen atoms in total. The zero-order valence-electron chi connectivity index (χ0n) is 13.8. The van der Waals surface area contributed by atoms with Gasteiger partial charge in [-0.25, -0.2) is 13.2 Å². The van der Waals surface area contributed by atoms with Crippen LogP contribution >= 0.6 is 0 Å². The molecule has 2 amide bonds. The Balaban J connectivity index is 2.19. The van der Waals surface area contributed by atoms with Gasteiger partial charge in [-0.15, -0.1) is 0 Å². The molecule has 8 heteroatoms. The number of hydrogen-bond acceptors (Lipinski definition) is 4. The first-order valence-corrected chi connectivity index (χ1v) is 9.27. The van der Waals surface area contributed by atoms with Crippen molar-refractivity contribution in [2.45, 2.75) is 26.1 Å². The van der Waals surface area contributed by atoms with Crippen LogP contribution in [0.1, 0.15) is 13.8 Å². The minimum Gasteiger partial charge on any atom is -0.372 e.